The number of nitrogens with zero attached hydrogens (tertiary/aromatic N) is 3. The Morgan fingerprint density at radius 1 is 1.14 bits per heavy atom. The van der Waals surface area contributed by atoms with Crippen LogP contribution in [-0.2, 0) is 11.3 Å². The maximum Gasteiger partial charge on any atom is 0.280 e. The molecular formula is C17H12F6N4O. The van der Waals surface area contributed by atoms with Crippen LogP contribution in [0.4, 0.5) is 32.0 Å². The normalized spacial score (nSPS) is 11.6. The van der Waals surface area contributed by atoms with Gasteiger partial charge in [-0.1, -0.05) is 0 Å². The molecule has 0 spiro atoms. The SMILES string of the molecule is Cc1nn(CC(=O)Nc2cc(F)ccc2F)c2nc(C(F)F)cc(C(F)F)c12. The Kier molecular flexibility index (Phi) is 5.25. The summed E-state index contributed by atoms with van der Waals surface area (Å²) in [5.74, 6) is -2.56. The second-order valence-electron chi connectivity index (χ2n) is 5.85. The Hall–Kier alpha value is -3.11. The first-order chi connectivity index (χ1) is 13.2. The van der Waals surface area contributed by atoms with Crippen LogP contribution >= 0.6 is 0 Å². The topological polar surface area (TPSA) is 59.8 Å². The van der Waals surface area contributed by atoms with E-state index in [0.29, 0.717) is 6.07 Å². The lowest BCUT2D eigenvalue weighted by Gasteiger charge is -2.09. The monoisotopic (exact) mass is 402 g/mol. The number of carbonyl (C=O) groups excluding carboxylic acids is 1. The Morgan fingerprint density at radius 2 is 1.86 bits per heavy atom. The second-order valence-corrected chi connectivity index (χ2v) is 5.85. The first-order valence-corrected chi connectivity index (χ1v) is 7.86. The number of benzene rings is 1. The average Bonchev–Trinajstić information content (AvgIpc) is 2.93. The van der Waals surface area contributed by atoms with Gasteiger partial charge in [-0.05, 0) is 25.1 Å². The van der Waals surface area contributed by atoms with Crippen LogP contribution in [-0.4, -0.2) is 20.7 Å². The summed E-state index contributed by atoms with van der Waals surface area (Å²) in [4.78, 5) is 15.8. The highest BCUT2D eigenvalue weighted by molar-refractivity contribution is 5.92. The van der Waals surface area contributed by atoms with Gasteiger partial charge < -0.3 is 5.32 Å². The molecule has 2 aromatic heterocycles. The van der Waals surface area contributed by atoms with Crippen LogP contribution in [0.3, 0.4) is 0 Å². The molecule has 0 aliphatic carbocycles. The number of amides is 1. The standard InChI is InChI=1S/C17H12F6N4O/c1-7-14-9(15(20)21)5-12(16(22)23)25-17(14)27(26-7)6-13(28)24-11-4-8(18)2-3-10(11)19/h2-5,15-16H,6H2,1H3,(H,24,28). The molecule has 0 aliphatic rings. The minimum absolute atomic E-state index is 0.0587. The molecule has 0 atom stereocenters. The Morgan fingerprint density at radius 3 is 2.50 bits per heavy atom. The van der Waals surface area contributed by atoms with Crippen molar-refractivity contribution in [1.82, 2.24) is 14.8 Å². The number of nitrogens with one attached hydrogen (secondary N) is 1. The van der Waals surface area contributed by atoms with Crippen LogP contribution in [0, 0.1) is 18.6 Å². The van der Waals surface area contributed by atoms with E-state index in [4.69, 9.17) is 0 Å². The van der Waals surface area contributed by atoms with E-state index in [0.717, 1.165) is 22.9 Å². The van der Waals surface area contributed by atoms with Gasteiger partial charge in [0.25, 0.3) is 12.9 Å². The molecule has 1 aromatic carbocycles. The molecule has 1 amide bonds. The molecule has 28 heavy (non-hydrogen) atoms. The van der Waals surface area contributed by atoms with Crippen molar-refractivity contribution in [3.63, 3.8) is 0 Å². The van der Waals surface area contributed by atoms with E-state index in [1.165, 1.54) is 6.92 Å². The zero-order chi connectivity index (χ0) is 20.6. The predicted octanol–water partition coefficient (Wildman–Crippen LogP) is 4.53. The molecule has 148 valence electrons. The largest absolute Gasteiger partial charge is 0.322 e. The molecule has 0 bridgehead atoms. The lowest BCUT2D eigenvalue weighted by Crippen LogP contribution is -2.20. The van der Waals surface area contributed by atoms with Crippen LogP contribution in [0.25, 0.3) is 11.0 Å². The first-order valence-electron chi connectivity index (χ1n) is 7.86. The Bertz CT molecular complexity index is 1050. The van der Waals surface area contributed by atoms with Gasteiger partial charge in [0.1, 0.15) is 23.9 Å². The van der Waals surface area contributed by atoms with Crippen molar-refractivity contribution in [1.29, 1.82) is 0 Å². The van der Waals surface area contributed by atoms with Gasteiger partial charge >= 0.3 is 0 Å². The number of alkyl halides is 4. The minimum atomic E-state index is -3.11. The number of hydrogen-bond donors (Lipinski definition) is 1. The Balaban J connectivity index is 1.99. The highest BCUT2D eigenvalue weighted by Crippen LogP contribution is 2.32. The number of halogens is 6. The number of fused-ring (bicyclic) bond motifs is 1. The summed E-state index contributed by atoms with van der Waals surface area (Å²) in [6.07, 6.45) is -6.17. The van der Waals surface area contributed by atoms with E-state index in [-0.39, 0.29) is 16.7 Å². The third-order valence-electron chi connectivity index (χ3n) is 3.88. The molecule has 3 aromatic rings. The highest BCUT2D eigenvalue weighted by Gasteiger charge is 2.24. The van der Waals surface area contributed by atoms with Gasteiger partial charge in [-0.25, -0.2) is 36.0 Å². The van der Waals surface area contributed by atoms with Gasteiger partial charge in [0.2, 0.25) is 5.91 Å². The smallest absolute Gasteiger partial charge is 0.280 e. The first kappa shape index (κ1) is 19.6. The summed E-state index contributed by atoms with van der Waals surface area (Å²) < 4.78 is 80.3. The fraction of sp³-hybridized carbons (Fsp3) is 0.235. The van der Waals surface area contributed by atoms with Crippen LogP contribution in [0.2, 0.25) is 0 Å². The summed E-state index contributed by atoms with van der Waals surface area (Å²) in [6, 6.07) is 3.02. The number of aromatic nitrogens is 3. The molecular weight excluding hydrogens is 390 g/mol. The van der Waals surface area contributed by atoms with E-state index in [2.05, 4.69) is 15.4 Å². The van der Waals surface area contributed by atoms with Gasteiger partial charge in [0, 0.05) is 11.6 Å². The fourth-order valence-corrected chi connectivity index (χ4v) is 2.72. The maximum absolute atomic E-state index is 13.6. The van der Waals surface area contributed by atoms with E-state index >= 15 is 0 Å². The van der Waals surface area contributed by atoms with E-state index in [1.54, 1.807) is 0 Å². The van der Waals surface area contributed by atoms with E-state index in [1.807, 2.05) is 0 Å². The highest BCUT2D eigenvalue weighted by atomic mass is 19.3. The molecule has 5 nitrogen and oxygen atoms in total. The zero-order valence-corrected chi connectivity index (χ0v) is 14.2. The molecule has 3 rings (SSSR count). The molecule has 2 heterocycles. The molecule has 0 unspecified atom stereocenters. The summed E-state index contributed by atoms with van der Waals surface area (Å²) >= 11 is 0. The van der Waals surface area contributed by atoms with Gasteiger partial charge in [-0.15, -0.1) is 0 Å². The van der Waals surface area contributed by atoms with Crippen molar-refractivity contribution >= 4 is 22.6 Å². The number of hydrogen-bond acceptors (Lipinski definition) is 3. The van der Waals surface area contributed by atoms with Crippen molar-refractivity contribution in [3.05, 3.63) is 52.9 Å². The Labute approximate surface area is 154 Å². The number of aryl methyl sites for hydroxylation is 1. The van der Waals surface area contributed by atoms with E-state index in [9.17, 15) is 31.1 Å². The van der Waals surface area contributed by atoms with Gasteiger partial charge in [-0.3, -0.25) is 4.79 Å². The molecule has 0 aliphatic heterocycles. The zero-order valence-electron chi connectivity index (χ0n) is 14.2. The van der Waals surface area contributed by atoms with Crippen LogP contribution < -0.4 is 5.32 Å². The van der Waals surface area contributed by atoms with Crippen LogP contribution in [0.15, 0.2) is 24.3 Å². The number of carbonyl (C=O) groups is 1. The van der Waals surface area contributed by atoms with Gasteiger partial charge in [0.15, 0.2) is 5.65 Å². The quantitative estimate of drug-likeness (QED) is 0.638. The lowest BCUT2D eigenvalue weighted by molar-refractivity contribution is -0.116. The van der Waals surface area contributed by atoms with Crippen molar-refractivity contribution in [2.45, 2.75) is 26.3 Å². The van der Waals surface area contributed by atoms with Crippen molar-refractivity contribution in [3.8, 4) is 0 Å². The van der Waals surface area contributed by atoms with Crippen molar-refractivity contribution < 1.29 is 31.1 Å². The number of anilines is 1. The molecule has 1 N–H and O–H groups in total. The predicted molar refractivity (Wildman–Crippen MR) is 87.2 cm³/mol. The minimum Gasteiger partial charge on any atom is -0.322 e. The summed E-state index contributed by atoms with van der Waals surface area (Å²) in [7, 11) is 0. The van der Waals surface area contributed by atoms with Gasteiger partial charge in [0.05, 0.1) is 16.8 Å². The van der Waals surface area contributed by atoms with Gasteiger partial charge in [-0.2, -0.15) is 5.10 Å². The molecule has 0 saturated heterocycles. The molecule has 11 heteroatoms. The maximum atomic E-state index is 13.6. The number of pyridine rings is 1. The summed E-state index contributed by atoms with van der Waals surface area (Å²) in [5, 5.41) is 5.86. The second kappa shape index (κ2) is 7.49. The lowest BCUT2D eigenvalue weighted by atomic mass is 10.1. The van der Waals surface area contributed by atoms with Crippen molar-refractivity contribution in [2.24, 2.45) is 0 Å². The third-order valence-corrected chi connectivity index (χ3v) is 3.88. The van der Waals surface area contributed by atoms with E-state index < -0.39 is 53.9 Å². The molecule has 0 radical (unpaired) electrons. The molecule has 0 saturated carbocycles. The summed E-state index contributed by atoms with van der Waals surface area (Å²) in [6.45, 7) is 0.723. The fourth-order valence-electron chi connectivity index (χ4n) is 2.72. The van der Waals surface area contributed by atoms with Crippen LogP contribution in [0.1, 0.15) is 29.8 Å². The van der Waals surface area contributed by atoms with Crippen LogP contribution in [0.5, 0.6) is 0 Å². The third kappa shape index (κ3) is 3.78. The van der Waals surface area contributed by atoms with Crippen molar-refractivity contribution in [2.75, 3.05) is 5.32 Å². The summed E-state index contributed by atoms with van der Waals surface area (Å²) in [5.41, 5.74) is -2.28. The molecule has 0 fully saturated rings. The average molecular weight is 402 g/mol. The number of rotatable bonds is 5.